The summed E-state index contributed by atoms with van der Waals surface area (Å²) in [5.74, 6) is 1.03. The van der Waals surface area contributed by atoms with Gasteiger partial charge >= 0.3 is 0 Å². The first-order valence-electron chi connectivity index (χ1n) is 7.39. The van der Waals surface area contributed by atoms with E-state index in [4.69, 9.17) is 0 Å². The average Bonchev–Trinajstić information content (AvgIpc) is 2.32. The molecule has 0 fully saturated rings. The second-order valence-corrected chi connectivity index (χ2v) is 6.34. The molecule has 0 N–H and O–H groups in total. The molecule has 19 heavy (non-hydrogen) atoms. The molecule has 0 aromatic heterocycles. The summed E-state index contributed by atoms with van der Waals surface area (Å²) >= 11 is 0. The first-order valence-corrected chi connectivity index (χ1v) is 7.39. The van der Waals surface area contributed by atoms with E-state index in [-0.39, 0.29) is 0 Å². The van der Waals surface area contributed by atoms with Gasteiger partial charge in [-0.3, -0.25) is 4.99 Å². The van der Waals surface area contributed by atoms with Crippen molar-refractivity contribution in [3.05, 3.63) is 34.4 Å². The van der Waals surface area contributed by atoms with Gasteiger partial charge in [-0.05, 0) is 51.5 Å². The van der Waals surface area contributed by atoms with E-state index < -0.39 is 0 Å². The summed E-state index contributed by atoms with van der Waals surface area (Å²) < 4.78 is 0. The standard InChI is InChI=1S/C18H29N/c1-12(2)11-19-17(7)15(5)16(6)18-9-13(3)8-14(4)10-18/h8-9,11-12,15,17H,10H2,1-7H3/b18-16+,19-11?. The van der Waals surface area contributed by atoms with Crippen LogP contribution in [0.4, 0.5) is 0 Å². The Morgan fingerprint density at radius 1 is 1.16 bits per heavy atom. The molecule has 1 nitrogen and oxygen atoms in total. The van der Waals surface area contributed by atoms with Crippen LogP contribution < -0.4 is 0 Å². The Labute approximate surface area is 119 Å². The number of aliphatic imine (C=N–C) groups is 1. The van der Waals surface area contributed by atoms with Gasteiger partial charge in [0.2, 0.25) is 0 Å². The fourth-order valence-corrected chi connectivity index (χ4v) is 2.45. The minimum absolute atomic E-state index is 0.356. The molecule has 0 aromatic carbocycles. The van der Waals surface area contributed by atoms with Crippen LogP contribution >= 0.6 is 0 Å². The molecule has 2 atom stereocenters. The van der Waals surface area contributed by atoms with E-state index >= 15 is 0 Å². The molecular formula is C18H29N. The second kappa shape index (κ2) is 6.88. The minimum atomic E-state index is 0.356. The topological polar surface area (TPSA) is 12.4 Å². The van der Waals surface area contributed by atoms with Crippen molar-refractivity contribution in [2.45, 2.75) is 60.9 Å². The van der Waals surface area contributed by atoms with Gasteiger partial charge in [0.05, 0.1) is 6.04 Å². The van der Waals surface area contributed by atoms with Crippen LogP contribution in [0.5, 0.6) is 0 Å². The predicted molar refractivity (Wildman–Crippen MR) is 86.8 cm³/mol. The Balaban J connectivity index is 2.87. The molecule has 106 valence electrons. The maximum absolute atomic E-state index is 4.68. The molecule has 0 aliphatic heterocycles. The highest BCUT2D eigenvalue weighted by molar-refractivity contribution is 5.59. The zero-order valence-corrected chi connectivity index (χ0v) is 13.6. The van der Waals surface area contributed by atoms with E-state index in [0.717, 1.165) is 6.42 Å². The Kier molecular flexibility index (Phi) is 5.78. The number of rotatable bonds is 4. The third-order valence-electron chi connectivity index (χ3n) is 3.88. The Morgan fingerprint density at radius 3 is 2.32 bits per heavy atom. The zero-order valence-electron chi connectivity index (χ0n) is 13.6. The molecule has 0 aromatic rings. The molecule has 2 unspecified atom stereocenters. The smallest absolute Gasteiger partial charge is 0.0530 e. The van der Waals surface area contributed by atoms with Gasteiger partial charge in [0.1, 0.15) is 0 Å². The van der Waals surface area contributed by atoms with Gasteiger partial charge < -0.3 is 0 Å². The van der Waals surface area contributed by atoms with Crippen molar-refractivity contribution in [2.24, 2.45) is 16.8 Å². The van der Waals surface area contributed by atoms with Crippen LogP contribution in [0.15, 0.2) is 39.4 Å². The summed E-state index contributed by atoms with van der Waals surface area (Å²) in [5, 5.41) is 0. The normalized spacial score (nSPS) is 22.3. The molecule has 0 heterocycles. The molecular weight excluding hydrogens is 230 g/mol. The molecule has 1 aliphatic rings. The van der Waals surface area contributed by atoms with E-state index in [1.54, 1.807) is 0 Å². The quantitative estimate of drug-likeness (QED) is 0.603. The van der Waals surface area contributed by atoms with Crippen LogP contribution in [0, 0.1) is 11.8 Å². The van der Waals surface area contributed by atoms with Crippen molar-refractivity contribution in [1.29, 1.82) is 0 Å². The van der Waals surface area contributed by atoms with E-state index in [9.17, 15) is 0 Å². The van der Waals surface area contributed by atoms with Crippen molar-refractivity contribution in [1.82, 2.24) is 0 Å². The number of allylic oxidation sites excluding steroid dienone is 5. The summed E-state index contributed by atoms with van der Waals surface area (Å²) in [6, 6.07) is 0.356. The van der Waals surface area contributed by atoms with Crippen molar-refractivity contribution in [2.75, 3.05) is 0 Å². The van der Waals surface area contributed by atoms with Crippen molar-refractivity contribution in [3.8, 4) is 0 Å². The second-order valence-electron chi connectivity index (χ2n) is 6.34. The molecule has 0 saturated carbocycles. The molecule has 0 spiro atoms. The summed E-state index contributed by atoms with van der Waals surface area (Å²) in [4.78, 5) is 4.68. The lowest BCUT2D eigenvalue weighted by atomic mass is 9.86. The maximum atomic E-state index is 4.68. The van der Waals surface area contributed by atoms with E-state index in [1.807, 2.05) is 0 Å². The van der Waals surface area contributed by atoms with Gasteiger partial charge in [-0.15, -0.1) is 0 Å². The van der Waals surface area contributed by atoms with Gasteiger partial charge in [0, 0.05) is 6.21 Å². The molecule has 1 heteroatoms. The van der Waals surface area contributed by atoms with Crippen molar-refractivity contribution >= 4 is 6.21 Å². The molecule has 0 saturated heterocycles. The van der Waals surface area contributed by atoms with Crippen LogP contribution in [-0.2, 0) is 0 Å². The average molecular weight is 259 g/mol. The summed E-state index contributed by atoms with van der Waals surface area (Å²) in [6.45, 7) is 15.5. The lowest BCUT2D eigenvalue weighted by Crippen LogP contribution is -2.15. The predicted octanol–water partition coefficient (Wildman–Crippen LogP) is 5.35. The van der Waals surface area contributed by atoms with E-state index in [0.29, 0.717) is 17.9 Å². The van der Waals surface area contributed by atoms with Gasteiger partial charge in [0.25, 0.3) is 0 Å². The molecule has 1 aliphatic carbocycles. The fraction of sp³-hybridized carbons (Fsp3) is 0.611. The molecule has 0 radical (unpaired) electrons. The SMILES string of the molecule is CC1=C/C(=C(/C)C(C)C(C)N=CC(C)C)CC(C)=C1. The van der Waals surface area contributed by atoms with Crippen LogP contribution in [0.3, 0.4) is 0 Å². The number of nitrogens with zero attached hydrogens (tertiary/aromatic N) is 1. The monoisotopic (exact) mass is 259 g/mol. The first kappa shape index (κ1) is 15.9. The lowest BCUT2D eigenvalue weighted by molar-refractivity contribution is 0.550. The molecule has 0 amide bonds. The Hall–Kier alpha value is -1.11. The highest BCUT2D eigenvalue weighted by Crippen LogP contribution is 2.29. The highest BCUT2D eigenvalue weighted by Gasteiger charge is 2.16. The van der Waals surface area contributed by atoms with Crippen molar-refractivity contribution in [3.63, 3.8) is 0 Å². The maximum Gasteiger partial charge on any atom is 0.0530 e. The largest absolute Gasteiger partial charge is 0.294 e. The van der Waals surface area contributed by atoms with E-state index in [1.165, 1.54) is 22.3 Å². The Morgan fingerprint density at radius 2 is 1.79 bits per heavy atom. The summed E-state index contributed by atoms with van der Waals surface area (Å²) in [7, 11) is 0. The zero-order chi connectivity index (χ0) is 14.6. The van der Waals surface area contributed by atoms with Gasteiger partial charge in [-0.25, -0.2) is 0 Å². The molecule has 0 bridgehead atoms. The Bertz CT molecular complexity index is 433. The summed E-state index contributed by atoms with van der Waals surface area (Å²) in [6.07, 6.45) is 7.78. The summed E-state index contributed by atoms with van der Waals surface area (Å²) in [5.41, 5.74) is 5.79. The third kappa shape index (κ3) is 4.81. The third-order valence-corrected chi connectivity index (χ3v) is 3.88. The van der Waals surface area contributed by atoms with Crippen LogP contribution in [0.1, 0.15) is 54.9 Å². The lowest BCUT2D eigenvalue weighted by Gasteiger charge is -2.22. The molecule has 1 rings (SSSR count). The van der Waals surface area contributed by atoms with Crippen LogP contribution in [-0.4, -0.2) is 12.3 Å². The van der Waals surface area contributed by atoms with Gasteiger partial charge in [-0.2, -0.15) is 0 Å². The van der Waals surface area contributed by atoms with Gasteiger partial charge in [0.15, 0.2) is 0 Å². The first-order chi connectivity index (χ1) is 8.81. The van der Waals surface area contributed by atoms with Crippen LogP contribution in [0.2, 0.25) is 0 Å². The van der Waals surface area contributed by atoms with Gasteiger partial charge in [-0.1, -0.05) is 49.6 Å². The van der Waals surface area contributed by atoms with Crippen LogP contribution in [0.25, 0.3) is 0 Å². The highest BCUT2D eigenvalue weighted by atomic mass is 14.8. The number of hydrogen-bond acceptors (Lipinski definition) is 1. The van der Waals surface area contributed by atoms with E-state index in [2.05, 4.69) is 71.8 Å². The minimum Gasteiger partial charge on any atom is -0.294 e. The van der Waals surface area contributed by atoms with Crippen molar-refractivity contribution < 1.29 is 0 Å². The number of hydrogen-bond donors (Lipinski definition) is 0. The fourth-order valence-electron chi connectivity index (χ4n) is 2.45.